The molecule has 2 rings (SSSR count). The average molecular weight is 271 g/mol. The predicted octanol–water partition coefficient (Wildman–Crippen LogP) is 2.37. The molecule has 0 aliphatic heterocycles. The van der Waals surface area contributed by atoms with Gasteiger partial charge in [0.25, 0.3) is 0 Å². The van der Waals surface area contributed by atoms with Crippen LogP contribution in [-0.4, -0.2) is 27.6 Å². The molecule has 1 unspecified atom stereocenters. The SMILES string of the molecule is Cc1ncc(NCC(C(=O)O)c2ccccc2)nc1C. The van der Waals surface area contributed by atoms with Crippen LogP contribution in [0.4, 0.5) is 5.82 Å². The molecule has 0 bridgehead atoms. The lowest BCUT2D eigenvalue weighted by atomic mass is 9.99. The van der Waals surface area contributed by atoms with Crippen molar-refractivity contribution in [1.82, 2.24) is 9.97 Å². The van der Waals surface area contributed by atoms with Gasteiger partial charge in [0.1, 0.15) is 5.82 Å². The topological polar surface area (TPSA) is 75.1 Å². The smallest absolute Gasteiger partial charge is 0.312 e. The minimum atomic E-state index is -0.861. The van der Waals surface area contributed by atoms with Gasteiger partial charge in [0, 0.05) is 6.54 Å². The largest absolute Gasteiger partial charge is 0.481 e. The zero-order valence-electron chi connectivity index (χ0n) is 11.5. The van der Waals surface area contributed by atoms with Crippen molar-refractivity contribution in [1.29, 1.82) is 0 Å². The molecule has 20 heavy (non-hydrogen) atoms. The van der Waals surface area contributed by atoms with Crippen molar-refractivity contribution in [2.45, 2.75) is 19.8 Å². The number of aromatic nitrogens is 2. The minimum absolute atomic E-state index is 0.274. The molecule has 0 aliphatic carbocycles. The van der Waals surface area contributed by atoms with Crippen LogP contribution in [0.25, 0.3) is 0 Å². The molecule has 2 aromatic rings. The van der Waals surface area contributed by atoms with E-state index in [0.29, 0.717) is 5.82 Å². The van der Waals surface area contributed by atoms with Gasteiger partial charge in [0.15, 0.2) is 0 Å². The fourth-order valence-corrected chi connectivity index (χ4v) is 1.87. The molecule has 0 spiro atoms. The summed E-state index contributed by atoms with van der Waals surface area (Å²) in [5, 5.41) is 12.4. The molecular formula is C15H17N3O2. The first-order valence-electron chi connectivity index (χ1n) is 6.40. The van der Waals surface area contributed by atoms with E-state index in [1.54, 1.807) is 6.20 Å². The molecule has 2 N–H and O–H groups in total. The number of carboxylic acids is 1. The Morgan fingerprint density at radius 3 is 2.55 bits per heavy atom. The molecule has 104 valence electrons. The van der Waals surface area contributed by atoms with Crippen molar-refractivity contribution in [2.24, 2.45) is 0 Å². The molecule has 0 radical (unpaired) electrons. The quantitative estimate of drug-likeness (QED) is 0.873. The molecule has 1 heterocycles. The van der Waals surface area contributed by atoms with Crippen LogP contribution in [-0.2, 0) is 4.79 Å². The van der Waals surface area contributed by atoms with Gasteiger partial charge in [0.2, 0.25) is 0 Å². The van der Waals surface area contributed by atoms with Crippen LogP contribution in [0.1, 0.15) is 22.9 Å². The van der Waals surface area contributed by atoms with Gasteiger partial charge in [-0.1, -0.05) is 30.3 Å². The second-order valence-corrected chi connectivity index (χ2v) is 4.61. The highest BCUT2D eigenvalue weighted by atomic mass is 16.4. The van der Waals surface area contributed by atoms with Crippen LogP contribution in [0.3, 0.4) is 0 Å². The highest BCUT2D eigenvalue weighted by Crippen LogP contribution is 2.16. The number of aliphatic carboxylic acids is 1. The van der Waals surface area contributed by atoms with Crippen molar-refractivity contribution >= 4 is 11.8 Å². The summed E-state index contributed by atoms with van der Waals surface area (Å²) in [7, 11) is 0. The Morgan fingerprint density at radius 1 is 1.25 bits per heavy atom. The maximum Gasteiger partial charge on any atom is 0.312 e. The number of benzene rings is 1. The third kappa shape index (κ3) is 3.32. The van der Waals surface area contributed by atoms with E-state index in [1.807, 2.05) is 44.2 Å². The maximum absolute atomic E-state index is 11.4. The van der Waals surface area contributed by atoms with Crippen LogP contribution in [0, 0.1) is 13.8 Å². The number of aryl methyl sites for hydroxylation is 2. The molecule has 5 nitrogen and oxygen atoms in total. The summed E-state index contributed by atoms with van der Waals surface area (Å²) in [6, 6.07) is 9.16. The number of carboxylic acid groups (broad SMARTS) is 1. The monoisotopic (exact) mass is 271 g/mol. The molecule has 0 aliphatic rings. The molecule has 0 saturated carbocycles. The first-order chi connectivity index (χ1) is 9.58. The maximum atomic E-state index is 11.4. The van der Waals surface area contributed by atoms with Crippen LogP contribution in [0.5, 0.6) is 0 Å². The minimum Gasteiger partial charge on any atom is -0.481 e. The third-order valence-electron chi connectivity index (χ3n) is 3.18. The summed E-state index contributed by atoms with van der Waals surface area (Å²) < 4.78 is 0. The fraction of sp³-hybridized carbons (Fsp3) is 0.267. The Hall–Kier alpha value is -2.43. The highest BCUT2D eigenvalue weighted by molar-refractivity contribution is 5.76. The zero-order valence-corrected chi connectivity index (χ0v) is 11.5. The molecule has 0 fully saturated rings. The summed E-state index contributed by atoms with van der Waals surface area (Å²) >= 11 is 0. The zero-order chi connectivity index (χ0) is 14.5. The van der Waals surface area contributed by atoms with Gasteiger partial charge in [-0.25, -0.2) is 4.98 Å². The lowest BCUT2D eigenvalue weighted by Gasteiger charge is -2.14. The average Bonchev–Trinajstić information content (AvgIpc) is 2.44. The molecule has 5 heteroatoms. The molecule has 1 aromatic heterocycles. The third-order valence-corrected chi connectivity index (χ3v) is 3.18. The molecule has 0 saturated heterocycles. The van der Waals surface area contributed by atoms with Crippen LogP contribution >= 0.6 is 0 Å². The van der Waals surface area contributed by atoms with Gasteiger partial charge in [-0.15, -0.1) is 0 Å². The summed E-state index contributed by atoms with van der Waals surface area (Å²) in [6.45, 7) is 4.03. The van der Waals surface area contributed by atoms with Gasteiger partial charge in [0.05, 0.1) is 23.5 Å². The van der Waals surface area contributed by atoms with Gasteiger partial charge in [-0.2, -0.15) is 0 Å². The Bertz CT molecular complexity index is 599. The van der Waals surface area contributed by atoms with Crippen molar-refractivity contribution in [3.05, 3.63) is 53.5 Å². The summed E-state index contributed by atoms with van der Waals surface area (Å²) in [5.41, 5.74) is 2.47. The first kappa shape index (κ1) is 14.0. The Morgan fingerprint density at radius 2 is 1.95 bits per heavy atom. The van der Waals surface area contributed by atoms with Crippen molar-refractivity contribution in [3.8, 4) is 0 Å². The highest BCUT2D eigenvalue weighted by Gasteiger charge is 2.19. The molecule has 1 aromatic carbocycles. The van der Waals surface area contributed by atoms with Crippen LogP contribution in [0.15, 0.2) is 36.5 Å². The number of anilines is 1. The van der Waals surface area contributed by atoms with Crippen LogP contribution < -0.4 is 5.32 Å². The van der Waals surface area contributed by atoms with Gasteiger partial charge in [-0.3, -0.25) is 9.78 Å². The van der Waals surface area contributed by atoms with Gasteiger partial charge in [-0.05, 0) is 19.4 Å². The van der Waals surface area contributed by atoms with Crippen molar-refractivity contribution in [3.63, 3.8) is 0 Å². The fourth-order valence-electron chi connectivity index (χ4n) is 1.87. The number of hydrogen-bond acceptors (Lipinski definition) is 4. The van der Waals surface area contributed by atoms with Crippen LogP contribution in [0.2, 0.25) is 0 Å². The lowest BCUT2D eigenvalue weighted by molar-refractivity contribution is -0.138. The predicted molar refractivity (Wildman–Crippen MR) is 76.8 cm³/mol. The van der Waals surface area contributed by atoms with Crippen molar-refractivity contribution in [2.75, 3.05) is 11.9 Å². The molecular weight excluding hydrogens is 254 g/mol. The standard InChI is InChI=1S/C15H17N3O2/c1-10-11(2)18-14(9-16-10)17-8-13(15(19)20)12-6-4-3-5-7-12/h3-7,9,13H,8H2,1-2H3,(H,17,18)(H,19,20). The second-order valence-electron chi connectivity index (χ2n) is 4.61. The van der Waals surface area contributed by atoms with E-state index in [9.17, 15) is 9.90 Å². The summed E-state index contributed by atoms with van der Waals surface area (Å²) in [5.74, 6) is -0.879. The Labute approximate surface area is 117 Å². The second kappa shape index (κ2) is 6.14. The summed E-state index contributed by atoms with van der Waals surface area (Å²) in [4.78, 5) is 19.9. The Balaban J connectivity index is 2.10. The first-order valence-corrected chi connectivity index (χ1v) is 6.40. The molecule has 0 amide bonds. The van der Waals surface area contributed by atoms with Gasteiger partial charge >= 0.3 is 5.97 Å². The number of nitrogens with one attached hydrogen (secondary N) is 1. The van der Waals surface area contributed by atoms with E-state index in [-0.39, 0.29) is 6.54 Å². The van der Waals surface area contributed by atoms with Gasteiger partial charge < -0.3 is 10.4 Å². The summed E-state index contributed by atoms with van der Waals surface area (Å²) in [6.07, 6.45) is 1.62. The normalized spacial score (nSPS) is 11.9. The lowest BCUT2D eigenvalue weighted by Crippen LogP contribution is -2.21. The molecule has 1 atom stereocenters. The van der Waals surface area contributed by atoms with E-state index in [0.717, 1.165) is 17.0 Å². The van der Waals surface area contributed by atoms with E-state index in [4.69, 9.17) is 0 Å². The van der Waals surface area contributed by atoms with E-state index < -0.39 is 11.9 Å². The van der Waals surface area contributed by atoms with E-state index >= 15 is 0 Å². The number of rotatable bonds is 5. The number of hydrogen-bond donors (Lipinski definition) is 2. The number of nitrogens with zero attached hydrogens (tertiary/aromatic N) is 2. The van der Waals surface area contributed by atoms with Crippen molar-refractivity contribution < 1.29 is 9.90 Å². The number of carbonyl (C=O) groups is 1. The van der Waals surface area contributed by atoms with E-state index in [1.165, 1.54) is 0 Å². The Kier molecular flexibility index (Phi) is 4.30. The van der Waals surface area contributed by atoms with E-state index in [2.05, 4.69) is 15.3 Å².